The molecule has 0 aromatic heterocycles. The van der Waals surface area contributed by atoms with Crippen molar-refractivity contribution in [3.05, 3.63) is 11.6 Å². The monoisotopic (exact) mass is 206 g/mol. The van der Waals surface area contributed by atoms with Crippen LogP contribution in [-0.2, 0) is 4.79 Å². The van der Waals surface area contributed by atoms with E-state index < -0.39 is 5.97 Å². The molecule has 0 radical (unpaired) electrons. The maximum absolute atomic E-state index is 10.2. The summed E-state index contributed by atoms with van der Waals surface area (Å²) in [6.07, 6.45) is 2.92. The predicted octanol–water partition coefficient (Wildman–Crippen LogP) is 2.19. The number of rotatable bonds is 4. The van der Waals surface area contributed by atoms with Gasteiger partial charge < -0.3 is 5.11 Å². The lowest BCUT2D eigenvalue weighted by Crippen LogP contribution is -1.92. The van der Waals surface area contributed by atoms with Gasteiger partial charge in [-0.25, -0.2) is 4.79 Å². The Hall–Kier alpha value is -0.310. The second kappa shape index (κ2) is 5.47. The summed E-state index contributed by atoms with van der Waals surface area (Å²) < 4.78 is 0. The van der Waals surface area contributed by atoms with Gasteiger partial charge >= 0.3 is 5.97 Å². The molecular weight excluding hydrogens is 196 g/mol. The molecule has 0 aliphatic heterocycles. The lowest BCUT2D eigenvalue weighted by molar-refractivity contribution is -0.131. The molecule has 0 heterocycles. The van der Waals surface area contributed by atoms with Gasteiger partial charge in [-0.05, 0) is 12.8 Å². The van der Waals surface area contributed by atoms with Gasteiger partial charge in [-0.3, -0.25) is 0 Å². The number of carboxylic acids is 1. The molecule has 0 aromatic rings. The number of alkyl halides is 1. The van der Waals surface area contributed by atoms with E-state index in [4.69, 9.17) is 5.11 Å². The van der Waals surface area contributed by atoms with Crippen molar-refractivity contribution < 1.29 is 9.90 Å². The highest BCUT2D eigenvalue weighted by atomic mass is 79.9. The Morgan fingerprint density at radius 1 is 1.70 bits per heavy atom. The molecule has 10 heavy (non-hydrogen) atoms. The van der Waals surface area contributed by atoms with Crippen molar-refractivity contribution in [2.45, 2.75) is 19.8 Å². The molecule has 0 unspecified atom stereocenters. The van der Waals surface area contributed by atoms with Crippen LogP contribution < -0.4 is 0 Å². The second-order valence-corrected chi connectivity index (χ2v) is 2.73. The van der Waals surface area contributed by atoms with Crippen LogP contribution in [0, 0.1) is 0 Å². The van der Waals surface area contributed by atoms with Crippen molar-refractivity contribution in [1.82, 2.24) is 0 Å². The minimum Gasteiger partial charge on any atom is -0.478 e. The van der Waals surface area contributed by atoms with Crippen LogP contribution in [0.25, 0.3) is 0 Å². The van der Waals surface area contributed by atoms with E-state index in [0.29, 0.717) is 0 Å². The summed E-state index contributed by atoms with van der Waals surface area (Å²) in [5, 5.41) is 9.18. The summed E-state index contributed by atoms with van der Waals surface area (Å²) in [4.78, 5) is 10.2. The van der Waals surface area contributed by atoms with E-state index in [1.165, 1.54) is 6.08 Å². The molecule has 0 aromatic carbocycles. The van der Waals surface area contributed by atoms with Gasteiger partial charge in [0.25, 0.3) is 0 Å². The third-order valence-electron chi connectivity index (χ3n) is 1.20. The standard InChI is InChI=1S/C7H11BrO2/c1-2-6(3-4-8)5-7(9)10/h5H,2-4H2,1H3,(H,9,10). The zero-order valence-electron chi connectivity index (χ0n) is 5.93. The first-order valence-electron chi connectivity index (χ1n) is 3.19. The van der Waals surface area contributed by atoms with Gasteiger partial charge in [-0.2, -0.15) is 0 Å². The lowest BCUT2D eigenvalue weighted by Gasteiger charge is -1.97. The van der Waals surface area contributed by atoms with Gasteiger partial charge in [-0.1, -0.05) is 28.4 Å². The van der Waals surface area contributed by atoms with Gasteiger partial charge in [0, 0.05) is 11.4 Å². The number of carbonyl (C=O) groups is 1. The lowest BCUT2D eigenvalue weighted by atomic mass is 10.1. The summed E-state index contributed by atoms with van der Waals surface area (Å²) in [5.41, 5.74) is 0.976. The molecule has 0 saturated carbocycles. The number of hydrogen-bond donors (Lipinski definition) is 1. The fourth-order valence-corrected chi connectivity index (χ4v) is 1.16. The smallest absolute Gasteiger partial charge is 0.328 e. The molecule has 0 atom stereocenters. The number of allylic oxidation sites excluding steroid dienone is 1. The summed E-state index contributed by atoms with van der Waals surface area (Å²) in [6, 6.07) is 0. The normalized spacial score (nSPS) is 11.6. The number of carboxylic acid groups (broad SMARTS) is 1. The van der Waals surface area contributed by atoms with Crippen LogP contribution in [0.1, 0.15) is 19.8 Å². The predicted molar refractivity (Wildman–Crippen MR) is 44.4 cm³/mol. The molecule has 3 heteroatoms. The maximum Gasteiger partial charge on any atom is 0.328 e. The van der Waals surface area contributed by atoms with Crippen molar-refractivity contribution in [2.75, 3.05) is 5.33 Å². The van der Waals surface area contributed by atoms with Crippen LogP contribution in [0.15, 0.2) is 11.6 Å². The first-order valence-corrected chi connectivity index (χ1v) is 4.31. The van der Waals surface area contributed by atoms with Crippen molar-refractivity contribution in [3.63, 3.8) is 0 Å². The van der Waals surface area contributed by atoms with E-state index in [9.17, 15) is 4.79 Å². The Balaban J connectivity index is 3.91. The van der Waals surface area contributed by atoms with E-state index in [1.807, 2.05) is 6.92 Å². The summed E-state index contributed by atoms with van der Waals surface area (Å²) >= 11 is 3.25. The highest BCUT2D eigenvalue weighted by molar-refractivity contribution is 9.09. The largest absolute Gasteiger partial charge is 0.478 e. The van der Waals surface area contributed by atoms with Crippen LogP contribution in [0.5, 0.6) is 0 Å². The maximum atomic E-state index is 10.2. The quantitative estimate of drug-likeness (QED) is 0.566. The Morgan fingerprint density at radius 2 is 2.30 bits per heavy atom. The van der Waals surface area contributed by atoms with Crippen LogP contribution in [0.2, 0.25) is 0 Å². The van der Waals surface area contributed by atoms with Crippen molar-refractivity contribution >= 4 is 21.9 Å². The molecule has 0 rings (SSSR count). The zero-order chi connectivity index (χ0) is 7.98. The number of aliphatic carboxylic acids is 1. The molecular formula is C7H11BrO2. The van der Waals surface area contributed by atoms with Gasteiger partial charge in [0.1, 0.15) is 0 Å². The molecule has 0 aliphatic carbocycles. The highest BCUT2D eigenvalue weighted by Gasteiger charge is 1.95. The third kappa shape index (κ3) is 4.56. The number of hydrogen-bond acceptors (Lipinski definition) is 1. The van der Waals surface area contributed by atoms with Gasteiger partial charge in [-0.15, -0.1) is 0 Å². The SMILES string of the molecule is CCC(=CC(=O)O)CCBr. The van der Waals surface area contributed by atoms with Crippen LogP contribution >= 0.6 is 15.9 Å². The van der Waals surface area contributed by atoms with E-state index in [0.717, 1.165) is 23.7 Å². The van der Waals surface area contributed by atoms with E-state index >= 15 is 0 Å². The minimum atomic E-state index is -0.849. The Bertz CT molecular complexity index is 141. The zero-order valence-corrected chi connectivity index (χ0v) is 7.52. The molecule has 0 aliphatic rings. The van der Waals surface area contributed by atoms with Crippen molar-refractivity contribution in [3.8, 4) is 0 Å². The third-order valence-corrected chi connectivity index (χ3v) is 1.59. The average molecular weight is 207 g/mol. The van der Waals surface area contributed by atoms with Crippen molar-refractivity contribution in [2.24, 2.45) is 0 Å². The minimum absolute atomic E-state index is 0.817. The number of halogens is 1. The molecule has 1 N–H and O–H groups in total. The molecule has 0 amide bonds. The van der Waals surface area contributed by atoms with Gasteiger partial charge in [0.2, 0.25) is 0 Å². The van der Waals surface area contributed by atoms with Gasteiger partial charge in [0.15, 0.2) is 0 Å². The van der Waals surface area contributed by atoms with E-state index in [-0.39, 0.29) is 0 Å². The van der Waals surface area contributed by atoms with Crippen LogP contribution in [0.4, 0.5) is 0 Å². The molecule has 58 valence electrons. The Labute approximate surface area is 69.1 Å². The van der Waals surface area contributed by atoms with Crippen LogP contribution in [0.3, 0.4) is 0 Å². The first-order chi connectivity index (χ1) is 4.70. The topological polar surface area (TPSA) is 37.3 Å². The first kappa shape index (κ1) is 9.69. The summed E-state index contributed by atoms with van der Waals surface area (Å²) in [5.74, 6) is -0.849. The molecule has 0 bridgehead atoms. The average Bonchev–Trinajstić information content (AvgIpc) is 1.86. The Morgan fingerprint density at radius 3 is 2.60 bits per heavy atom. The second-order valence-electron chi connectivity index (χ2n) is 1.93. The highest BCUT2D eigenvalue weighted by Crippen LogP contribution is 2.07. The van der Waals surface area contributed by atoms with E-state index in [1.54, 1.807) is 0 Å². The van der Waals surface area contributed by atoms with Gasteiger partial charge in [0.05, 0.1) is 0 Å². The molecule has 0 spiro atoms. The van der Waals surface area contributed by atoms with Crippen LogP contribution in [-0.4, -0.2) is 16.4 Å². The van der Waals surface area contributed by atoms with E-state index in [2.05, 4.69) is 15.9 Å². The molecule has 0 fully saturated rings. The summed E-state index contributed by atoms with van der Waals surface area (Å²) in [6.45, 7) is 1.96. The summed E-state index contributed by atoms with van der Waals surface area (Å²) in [7, 11) is 0. The van der Waals surface area contributed by atoms with Crippen molar-refractivity contribution in [1.29, 1.82) is 0 Å². The fourth-order valence-electron chi connectivity index (χ4n) is 0.647. The fraction of sp³-hybridized carbons (Fsp3) is 0.571. The molecule has 2 nitrogen and oxygen atoms in total. The molecule has 0 saturated heterocycles. The Kier molecular flexibility index (Phi) is 5.30.